The molecule has 9 heteroatoms. The third-order valence-corrected chi connectivity index (χ3v) is 5.10. The molecule has 0 aliphatic carbocycles. The first-order chi connectivity index (χ1) is 13.6. The lowest BCUT2D eigenvalue weighted by Crippen LogP contribution is -2.32. The summed E-state index contributed by atoms with van der Waals surface area (Å²) in [5, 5.41) is 19.9. The molecule has 4 heterocycles. The molecule has 8 nitrogen and oxygen atoms in total. The number of fused-ring (bicyclic) bond motifs is 3. The Balaban J connectivity index is 1.67. The molecule has 0 saturated carbocycles. The van der Waals surface area contributed by atoms with E-state index in [2.05, 4.69) is 49.9 Å². The lowest BCUT2D eigenvalue weighted by Gasteiger charge is -2.22. The van der Waals surface area contributed by atoms with E-state index in [1.165, 1.54) is 0 Å². The Morgan fingerprint density at radius 3 is 2.89 bits per heavy atom. The molecule has 0 spiro atoms. The van der Waals surface area contributed by atoms with E-state index in [0.717, 1.165) is 33.4 Å². The summed E-state index contributed by atoms with van der Waals surface area (Å²) >= 11 is 5.27. The highest BCUT2D eigenvalue weighted by atomic mass is 32.1. The predicted molar refractivity (Wildman–Crippen MR) is 110 cm³/mol. The van der Waals surface area contributed by atoms with Gasteiger partial charge >= 0.3 is 0 Å². The molecule has 3 aromatic heterocycles. The van der Waals surface area contributed by atoms with Crippen molar-refractivity contribution in [2.75, 3.05) is 0 Å². The molecule has 0 saturated heterocycles. The fourth-order valence-electron chi connectivity index (χ4n) is 3.61. The molecule has 1 unspecified atom stereocenters. The number of hydrazone groups is 1. The second-order valence-electron chi connectivity index (χ2n) is 6.74. The van der Waals surface area contributed by atoms with E-state index < -0.39 is 0 Å². The van der Waals surface area contributed by atoms with Crippen LogP contribution in [0.15, 0.2) is 53.8 Å². The molecule has 0 fully saturated rings. The van der Waals surface area contributed by atoms with Crippen molar-refractivity contribution in [2.24, 2.45) is 10.8 Å². The molecule has 1 aliphatic heterocycles. The molecular weight excluding hydrogens is 372 g/mol. The molecule has 0 bridgehead atoms. The number of hydrogen-bond acceptors (Lipinski definition) is 6. The summed E-state index contributed by atoms with van der Waals surface area (Å²) in [6, 6.07) is 13.8. The van der Waals surface area contributed by atoms with Gasteiger partial charge in [-0.1, -0.05) is 18.2 Å². The summed E-state index contributed by atoms with van der Waals surface area (Å²) in [4.78, 5) is 4.41. The number of hydrogen-bond donors (Lipinski definition) is 1. The van der Waals surface area contributed by atoms with Crippen molar-refractivity contribution in [3.05, 3.63) is 65.5 Å². The number of thiocarbonyl (C=S) groups is 1. The third kappa shape index (κ3) is 2.59. The Hall–Kier alpha value is -3.46. The maximum absolute atomic E-state index is 5.99. The monoisotopic (exact) mass is 388 g/mol. The van der Waals surface area contributed by atoms with Crippen LogP contribution in [0.1, 0.15) is 29.3 Å². The van der Waals surface area contributed by atoms with Crippen molar-refractivity contribution in [1.29, 1.82) is 0 Å². The quantitative estimate of drug-likeness (QED) is 0.527. The van der Waals surface area contributed by atoms with Crippen molar-refractivity contribution in [1.82, 2.24) is 30.0 Å². The first-order valence-corrected chi connectivity index (χ1v) is 9.21. The minimum absolute atomic E-state index is 0.200. The summed E-state index contributed by atoms with van der Waals surface area (Å²) in [7, 11) is 0. The molecule has 1 aromatic carbocycles. The zero-order chi connectivity index (χ0) is 19.3. The van der Waals surface area contributed by atoms with Gasteiger partial charge in [0.05, 0.1) is 23.0 Å². The molecule has 28 heavy (non-hydrogen) atoms. The zero-order valence-corrected chi connectivity index (χ0v) is 15.8. The molecule has 2 N–H and O–H groups in total. The largest absolute Gasteiger partial charge is 0.375 e. The lowest BCUT2D eigenvalue weighted by atomic mass is 9.99. The zero-order valence-electron chi connectivity index (χ0n) is 15.0. The van der Waals surface area contributed by atoms with Gasteiger partial charge < -0.3 is 5.73 Å². The van der Waals surface area contributed by atoms with Crippen LogP contribution < -0.4 is 5.73 Å². The van der Waals surface area contributed by atoms with Gasteiger partial charge in [0.1, 0.15) is 0 Å². The van der Waals surface area contributed by atoms with Crippen LogP contribution >= 0.6 is 12.2 Å². The number of nitrogens with two attached hydrogens (primary N) is 1. The number of aryl methyl sites for hydroxylation is 1. The predicted octanol–water partition coefficient (Wildman–Crippen LogP) is 2.38. The molecule has 138 valence electrons. The number of tetrazole rings is 1. The van der Waals surface area contributed by atoms with Crippen LogP contribution in [0.5, 0.6) is 0 Å². The first-order valence-electron chi connectivity index (χ1n) is 8.81. The van der Waals surface area contributed by atoms with Gasteiger partial charge in [0.2, 0.25) is 0 Å². The SMILES string of the molecule is Cc1ccc2cc(C3CC(c4ccccn4)=NN3C(N)=S)c3nnnn3c2c1. The van der Waals surface area contributed by atoms with Crippen LogP contribution in [-0.4, -0.2) is 40.9 Å². The van der Waals surface area contributed by atoms with Crippen LogP contribution in [0.4, 0.5) is 0 Å². The number of benzene rings is 1. The van der Waals surface area contributed by atoms with Crippen LogP contribution in [-0.2, 0) is 0 Å². The molecule has 0 radical (unpaired) electrons. The van der Waals surface area contributed by atoms with Crippen LogP contribution in [0.3, 0.4) is 0 Å². The molecule has 4 aromatic rings. The summed E-state index contributed by atoms with van der Waals surface area (Å²) < 4.78 is 1.76. The maximum atomic E-state index is 5.99. The topological polar surface area (TPSA) is 97.6 Å². The highest BCUT2D eigenvalue weighted by molar-refractivity contribution is 7.80. The minimum Gasteiger partial charge on any atom is -0.375 e. The summed E-state index contributed by atoms with van der Waals surface area (Å²) in [6.07, 6.45) is 2.35. The highest BCUT2D eigenvalue weighted by Crippen LogP contribution is 2.35. The number of aromatic nitrogens is 5. The average molecular weight is 388 g/mol. The molecule has 0 amide bonds. The standard InChI is InChI=1S/C19H16N8S/c1-11-5-6-12-9-13(18-22-24-25-26(18)16(12)8-11)17-10-15(23-27(17)19(20)28)14-4-2-3-7-21-14/h2-9,17H,10H2,1H3,(H2,20,28). The number of nitrogens with zero attached hydrogens (tertiary/aromatic N) is 7. The summed E-state index contributed by atoms with van der Waals surface area (Å²) in [5.41, 5.74) is 11.3. The Morgan fingerprint density at radius 2 is 2.11 bits per heavy atom. The van der Waals surface area contributed by atoms with Crippen LogP contribution in [0.2, 0.25) is 0 Å². The van der Waals surface area contributed by atoms with E-state index in [9.17, 15) is 0 Å². The van der Waals surface area contributed by atoms with Gasteiger partial charge in [-0.3, -0.25) is 4.98 Å². The van der Waals surface area contributed by atoms with Crippen LogP contribution in [0.25, 0.3) is 16.6 Å². The Bertz CT molecular complexity index is 1250. The fraction of sp³-hybridized carbons (Fsp3) is 0.158. The van der Waals surface area contributed by atoms with Gasteiger partial charge in [-0.25, -0.2) is 5.01 Å². The Morgan fingerprint density at radius 1 is 1.21 bits per heavy atom. The second-order valence-corrected chi connectivity index (χ2v) is 7.16. The molecule has 5 rings (SSSR count). The second kappa shape index (κ2) is 6.31. The summed E-state index contributed by atoms with van der Waals surface area (Å²) in [5.74, 6) is 0. The van der Waals surface area contributed by atoms with Crippen molar-refractivity contribution in [3.63, 3.8) is 0 Å². The third-order valence-electron chi connectivity index (χ3n) is 4.91. The lowest BCUT2D eigenvalue weighted by molar-refractivity contribution is 0.374. The van der Waals surface area contributed by atoms with E-state index in [1.807, 2.05) is 25.1 Å². The van der Waals surface area contributed by atoms with E-state index >= 15 is 0 Å². The Kier molecular flexibility index (Phi) is 3.76. The van der Waals surface area contributed by atoms with Gasteiger partial charge in [-0.15, -0.1) is 5.10 Å². The summed E-state index contributed by atoms with van der Waals surface area (Å²) in [6.45, 7) is 2.04. The van der Waals surface area contributed by atoms with E-state index in [-0.39, 0.29) is 11.2 Å². The fourth-order valence-corrected chi connectivity index (χ4v) is 3.78. The maximum Gasteiger partial charge on any atom is 0.187 e. The minimum atomic E-state index is -0.200. The Labute approximate surface area is 165 Å². The van der Waals surface area contributed by atoms with Gasteiger partial charge in [-0.2, -0.15) is 9.62 Å². The van der Waals surface area contributed by atoms with Crippen molar-refractivity contribution >= 4 is 39.6 Å². The van der Waals surface area contributed by atoms with Crippen LogP contribution in [0, 0.1) is 6.92 Å². The van der Waals surface area contributed by atoms with Crippen molar-refractivity contribution < 1.29 is 0 Å². The normalized spacial score (nSPS) is 16.7. The van der Waals surface area contributed by atoms with E-state index in [1.54, 1.807) is 15.7 Å². The highest BCUT2D eigenvalue weighted by Gasteiger charge is 2.33. The first kappa shape index (κ1) is 16.7. The molecule has 1 atom stereocenters. The average Bonchev–Trinajstić information content (AvgIpc) is 3.36. The van der Waals surface area contributed by atoms with E-state index in [0.29, 0.717) is 12.1 Å². The van der Waals surface area contributed by atoms with E-state index in [4.69, 9.17) is 18.0 Å². The molecule has 1 aliphatic rings. The van der Waals surface area contributed by atoms with Crippen molar-refractivity contribution in [2.45, 2.75) is 19.4 Å². The van der Waals surface area contributed by atoms with Gasteiger partial charge in [0.25, 0.3) is 0 Å². The van der Waals surface area contributed by atoms with Gasteiger partial charge in [0, 0.05) is 23.6 Å². The number of rotatable bonds is 2. The number of pyridine rings is 2. The van der Waals surface area contributed by atoms with Gasteiger partial charge in [-0.05, 0) is 59.4 Å². The molecular formula is C19H16N8S. The van der Waals surface area contributed by atoms with Crippen molar-refractivity contribution in [3.8, 4) is 0 Å². The smallest absolute Gasteiger partial charge is 0.187 e. The van der Waals surface area contributed by atoms with Gasteiger partial charge in [0.15, 0.2) is 10.8 Å².